The summed E-state index contributed by atoms with van der Waals surface area (Å²) >= 11 is 0. The molecule has 0 fully saturated rings. The molecule has 0 atom stereocenters. The van der Waals surface area contributed by atoms with Gasteiger partial charge in [-0.3, -0.25) is 9.78 Å². The molecule has 4 heteroatoms. The highest BCUT2D eigenvalue weighted by atomic mass is 16.5. The van der Waals surface area contributed by atoms with E-state index >= 15 is 0 Å². The van der Waals surface area contributed by atoms with Crippen molar-refractivity contribution < 1.29 is 14.3 Å². The quantitative estimate of drug-likeness (QED) is 0.774. The molecule has 19 heavy (non-hydrogen) atoms. The second kappa shape index (κ2) is 5.10. The molecule has 1 aromatic carbocycles. The van der Waals surface area contributed by atoms with Gasteiger partial charge in [0.1, 0.15) is 6.29 Å². The third-order valence-electron chi connectivity index (χ3n) is 3.00. The maximum Gasteiger partial charge on any atom is 0.169 e. The smallest absolute Gasteiger partial charge is 0.169 e. The van der Waals surface area contributed by atoms with Gasteiger partial charge in [-0.2, -0.15) is 0 Å². The van der Waals surface area contributed by atoms with Gasteiger partial charge in [-0.05, 0) is 29.8 Å². The van der Waals surface area contributed by atoms with Gasteiger partial charge in [0.05, 0.1) is 13.2 Å². The zero-order valence-corrected chi connectivity index (χ0v) is 10.3. The first-order valence-corrected chi connectivity index (χ1v) is 6.18. The van der Waals surface area contributed by atoms with Crippen LogP contribution in [0, 0.1) is 0 Å². The van der Waals surface area contributed by atoms with Crippen LogP contribution in [0.2, 0.25) is 0 Å². The molecular weight excluding hydrogens is 242 g/mol. The van der Waals surface area contributed by atoms with Crippen molar-refractivity contribution in [2.45, 2.75) is 6.42 Å². The van der Waals surface area contributed by atoms with Crippen LogP contribution in [-0.2, 0) is 0 Å². The molecule has 1 aromatic heterocycles. The fraction of sp³-hybridized carbons (Fsp3) is 0.200. The summed E-state index contributed by atoms with van der Waals surface area (Å²) < 4.78 is 11.4. The van der Waals surface area contributed by atoms with Gasteiger partial charge in [-0.1, -0.05) is 0 Å². The molecule has 0 N–H and O–H groups in total. The summed E-state index contributed by atoms with van der Waals surface area (Å²) in [5, 5.41) is 0. The molecular formula is C15H13NO3. The van der Waals surface area contributed by atoms with Crippen LogP contribution < -0.4 is 9.47 Å². The number of nitrogens with zero attached hydrogens (tertiary/aromatic N) is 1. The number of ether oxygens (including phenoxy) is 2. The van der Waals surface area contributed by atoms with Crippen LogP contribution in [0.15, 0.2) is 36.7 Å². The SMILES string of the molecule is O=Cc1cc2c(c(-c3ccncc3)c1)OCCCO2. The summed E-state index contributed by atoms with van der Waals surface area (Å²) in [6.07, 6.45) is 5.08. The van der Waals surface area contributed by atoms with E-state index in [0.29, 0.717) is 30.3 Å². The number of aromatic nitrogens is 1. The minimum Gasteiger partial charge on any atom is -0.490 e. The van der Waals surface area contributed by atoms with Gasteiger partial charge in [0.15, 0.2) is 11.5 Å². The van der Waals surface area contributed by atoms with Gasteiger partial charge < -0.3 is 9.47 Å². The molecule has 2 aromatic rings. The van der Waals surface area contributed by atoms with Crippen molar-refractivity contribution in [3.05, 3.63) is 42.2 Å². The lowest BCUT2D eigenvalue weighted by Gasteiger charge is -2.13. The Hall–Kier alpha value is -2.36. The highest BCUT2D eigenvalue weighted by Gasteiger charge is 2.17. The Labute approximate surface area is 111 Å². The van der Waals surface area contributed by atoms with Crippen LogP contribution in [0.4, 0.5) is 0 Å². The van der Waals surface area contributed by atoms with E-state index in [1.54, 1.807) is 18.5 Å². The molecule has 1 aliphatic rings. The van der Waals surface area contributed by atoms with Gasteiger partial charge >= 0.3 is 0 Å². The highest BCUT2D eigenvalue weighted by Crippen LogP contribution is 2.40. The molecule has 2 heterocycles. The van der Waals surface area contributed by atoms with Crippen LogP contribution in [0.3, 0.4) is 0 Å². The Morgan fingerprint density at radius 2 is 1.89 bits per heavy atom. The summed E-state index contributed by atoms with van der Waals surface area (Å²) in [6, 6.07) is 7.31. The third kappa shape index (κ3) is 2.29. The van der Waals surface area contributed by atoms with E-state index < -0.39 is 0 Å². The van der Waals surface area contributed by atoms with Crippen molar-refractivity contribution in [1.82, 2.24) is 4.98 Å². The van der Waals surface area contributed by atoms with Gasteiger partial charge in [-0.15, -0.1) is 0 Å². The van der Waals surface area contributed by atoms with Gasteiger partial charge in [0.2, 0.25) is 0 Å². The Bertz CT molecular complexity index is 596. The Balaban J connectivity index is 2.19. The van der Waals surface area contributed by atoms with Gasteiger partial charge in [0, 0.05) is 29.9 Å². The van der Waals surface area contributed by atoms with Gasteiger partial charge in [-0.25, -0.2) is 0 Å². The summed E-state index contributed by atoms with van der Waals surface area (Å²) in [5.74, 6) is 1.34. The van der Waals surface area contributed by atoms with E-state index in [4.69, 9.17) is 9.47 Å². The van der Waals surface area contributed by atoms with Crippen LogP contribution >= 0.6 is 0 Å². The van der Waals surface area contributed by atoms with E-state index in [-0.39, 0.29) is 0 Å². The van der Waals surface area contributed by atoms with Crippen molar-refractivity contribution in [3.8, 4) is 22.6 Å². The Morgan fingerprint density at radius 3 is 2.68 bits per heavy atom. The molecule has 4 nitrogen and oxygen atoms in total. The number of benzene rings is 1. The lowest BCUT2D eigenvalue weighted by molar-refractivity contribution is 0.112. The number of pyridine rings is 1. The fourth-order valence-electron chi connectivity index (χ4n) is 2.11. The van der Waals surface area contributed by atoms with Crippen LogP contribution in [0.1, 0.15) is 16.8 Å². The van der Waals surface area contributed by atoms with E-state index in [1.807, 2.05) is 18.2 Å². The molecule has 0 unspecified atom stereocenters. The molecule has 1 aliphatic heterocycles. The maximum atomic E-state index is 11.1. The molecule has 0 saturated heterocycles. The van der Waals surface area contributed by atoms with Crippen LogP contribution in [0.5, 0.6) is 11.5 Å². The van der Waals surface area contributed by atoms with Crippen molar-refractivity contribution in [1.29, 1.82) is 0 Å². The Morgan fingerprint density at radius 1 is 1.11 bits per heavy atom. The normalized spacial score (nSPS) is 13.7. The number of hydrogen-bond donors (Lipinski definition) is 0. The molecule has 0 saturated carbocycles. The number of carbonyl (C=O) groups excluding carboxylic acids is 1. The molecule has 0 amide bonds. The highest BCUT2D eigenvalue weighted by molar-refractivity contribution is 5.84. The van der Waals surface area contributed by atoms with E-state index in [0.717, 1.165) is 23.8 Å². The zero-order valence-electron chi connectivity index (χ0n) is 10.3. The number of hydrogen-bond acceptors (Lipinski definition) is 4. The second-order valence-electron chi connectivity index (χ2n) is 4.30. The first kappa shape index (κ1) is 11.7. The first-order valence-electron chi connectivity index (χ1n) is 6.18. The molecule has 0 aliphatic carbocycles. The van der Waals surface area contributed by atoms with Crippen molar-refractivity contribution in [3.63, 3.8) is 0 Å². The average Bonchev–Trinajstić information content (AvgIpc) is 2.72. The summed E-state index contributed by atoms with van der Waals surface area (Å²) in [4.78, 5) is 15.1. The lowest BCUT2D eigenvalue weighted by Crippen LogP contribution is -1.98. The second-order valence-corrected chi connectivity index (χ2v) is 4.30. The molecule has 0 bridgehead atoms. The van der Waals surface area contributed by atoms with Crippen LogP contribution in [0.25, 0.3) is 11.1 Å². The minimum absolute atomic E-state index is 0.580. The largest absolute Gasteiger partial charge is 0.490 e. The first-order chi connectivity index (χ1) is 9.38. The standard InChI is InChI=1S/C15H13NO3/c17-10-11-8-13(12-2-4-16-5-3-12)15-14(9-11)18-6-1-7-19-15/h2-5,8-10H,1,6-7H2. The average molecular weight is 255 g/mol. The van der Waals surface area contributed by atoms with Crippen LogP contribution in [-0.4, -0.2) is 24.5 Å². The number of carbonyl (C=O) groups is 1. The molecule has 3 rings (SSSR count). The van der Waals surface area contributed by atoms with Gasteiger partial charge in [0.25, 0.3) is 0 Å². The number of fused-ring (bicyclic) bond motifs is 1. The van der Waals surface area contributed by atoms with E-state index in [1.165, 1.54) is 0 Å². The summed E-state index contributed by atoms with van der Waals surface area (Å²) in [5.41, 5.74) is 2.40. The van der Waals surface area contributed by atoms with E-state index in [9.17, 15) is 4.79 Å². The predicted molar refractivity (Wildman–Crippen MR) is 70.7 cm³/mol. The zero-order chi connectivity index (χ0) is 13.1. The lowest BCUT2D eigenvalue weighted by atomic mass is 10.0. The predicted octanol–water partition coefficient (Wildman–Crippen LogP) is 2.72. The molecule has 0 spiro atoms. The topological polar surface area (TPSA) is 48.4 Å². The fourth-order valence-corrected chi connectivity index (χ4v) is 2.11. The Kier molecular flexibility index (Phi) is 3.14. The van der Waals surface area contributed by atoms with Crippen molar-refractivity contribution >= 4 is 6.29 Å². The maximum absolute atomic E-state index is 11.1. The monoisotopic (exact) mass is 255 g/mol. The number of rotatable bonds is 2. The van der Waals surface area contributed by atoms with E-state index in [2.05, 4.69) is 4.98 Å². The number of aldehydes is 1. The summed E-state index contributed by atoms with van der Waals surface area (Å²) in [7, 11) is 0. The summed E-state index contributed by atoms with van der Waals surface area (Å²) in [6.45, 7) is 1.22. The minimum atomic E-state index is 0.580. The van der Waals surface area contributed by atoms with Crippen molar-refractivity contribution in [2.75, 3.05) is 13.2 Å². The van der Waals surface area contributed by atoms with Crippen molar-refractivity contribution in [2.24, 2.45) is 0 Å². The third-order valence-corrected chi connectivity index (χ3v) is 3.00. The molecule has 96 valence electrons. The molecule has 0 radical (unpaired) electrons.